The molecule has 0 radical (unpaired) electrons. The van der Waals surface area contributed by atoms with Crippen molar-refractivity contribution in [3.05, 3.63) is 53.1 Å². The van der Waals surface area contributed by atoms with Gasteiger partial charge in [0.05, 0.1) is 5.75 Å². The lowest BCUT2D eigenvalue weighted by molar-refractivity contribution is 0.102. The third kappa shape index (κ3) is 2.95. The fraction of sp³-hybridized carbons (Fsp3) is 0.200. The van der Waals surface area contributed by atoms with Gasteiger partial charge in [0.25, 0.3) is 0 Å². The molecule has 22 heavy (non-hydrogen) atoms. The second-order valence-corrected chi connectivity index (χ2v) is 6.49. The summed E-state index contributed by atoms with van der Waals surface area (Å²) in [4.78, 5) is 25.0. The molecule has 3 rings (SSSR count). The normalized spacial score (nSPS) is 10.8. The van der Waals surface area contributed by atoms with Crippen molar-refractivity contribution in [1.82, 2.24) is 19.5 Å². The third-order valence-corrected chi connectivity index (χ3v) is 4.85. The molecule has 0 aromatic carbocycles. The van der Waals surface area contributed by atoms with Crippen molar-refractivity contribution in [3.8, 4) is 5.13 Å². The first-order valence-electron chi connectivity index (χ1n) is 6.68. The summed E-state index contributed by atoms with van der Waals surface area (Å²) >= 11 is 2.91. The number of thiazole rings is 1. The molecule has 0 aliphatic carbocycles. The van der Waals surface area contributed by atoms with E-state index in [4.69, 9.17) is 0 Å². The maximum absolute atomic E-state index is 12.5. The lowest BCUT2D eigenvalue weighted by Gasteiger charge is -2.05. The number of ketones is 1. The second-order valence-electron chi connectivity index (χ2n) is 4.68. The van der Waals surface area contributed by atoms with Crippen LogP contribution in [0.2, 0.25) is 0 Å². The molecule has 0 unspecified atom stereocenters. The molecule has 0 saturated heterocycles. The Hall–Kier alpha value is -1.99. The number of carbonyl (C=O) groups excluding carboxylic acids is 1. The molecule has 0 aliphatic rings. The van der Waals surface area contributed by atoms with Crippen molar-refractivity contribution in [3.63, 3.8) is 0 Å². The van der Waals surface area contributed by atoms with E-state index in [1.807, 2.05) is 29.9 Å². The minimum absolute atomic E-state index is 0.0772. The van der Waals surface area contributed by atoms with Gasteiger partial charge in [0.15, 0.2) is 16.1 Å². The van der Waals surface area contributed by atoms with E-state index in [2.05, 4.69) is 15.0 Å². The molecule has 3 heterocycles. The number of Topliss-reactive ketones (excluding diaryl/α,β-unsaturated/α-hetero) is 1. The number of rotatable bonds is 5. The van der Waals surface area contributed by atoms with Gasteiger partial charge in [-0.2, -0.15) is 0 Å². The van der Waals surface area contributed by atoms with Gasteiger partial charge in [0.1, 0.15) is 0 Å². The molecule has 112 valence electrons. The van der Waals surface area contributed by atoms with Gasteiger partial charge in [0.2, 0.25) is 0 Å². The van der Waals surface area contributed by atoms with Gasteiger partial charge in [-0.25, -0.2) is 15.0 Å². The maximum Gasteiger partial charge on any atom is 0.193 e. The Morgan fingerprint density at radius 2 is 2.00 bits per heavy atom. The first-order chi connectivity index (χ1) is 10.7. The molecule has 0 spiro atoms. The van der Waals surface area contributed by atoms with E-state index in [0.29, 0.717) is 10.9 Å². The summed E-state index contributed by atoms with van der Waals surface area (Å²) in [5.41, 5.74) is 2.67. The number of hydrogen-bond donors (Lipinski definition) is 0. The number of nitrogens with zero attached hydrogens (tertiary/aromatic N) is 4. The summed E-state index contributed by atoms with van der Waals surface area (Å²) in [5.74, 6) is 0.403. The number of aryl methyl sites for hydroxylation is 1. The Morgan fingerprint density at radius 1 is 1.23 bits per heavy atom. The molecule has 0 bridgehead atoms. The molecule has 0 amide bonds. The number of thioether (sulfide) groups is 1. The highest BCUT2D eigenvalue weighted by Crippen LogP contribution is 2.24. The molecule has 3 aromatic heterocycles. The van der Waals surface area contributed by atoms with E-state index in [0.717, 1.165) is 22.1 Å². The van der Waals surface area contributed by atoms with Crippen LogP contribution in [0.25, 0.3) is 5.13 Å². The van der Waals surface area contributed by atoms with Gasteiger partial charge in [-0.3, -0.25) is 9.36 Å². The summed E-state index contributed by atoms with van der Waals surface area (Å²) in [5, 5.41) is 3.43. The third-order valence-electron chi connectivity index (χ3n) is 3.22. The van der Waals surface area contributed by atoms with E-state index in [9.17, 15) is 4.79 Å². The van der Waals surface area contributed by atoms with E-state index < -0.39 is 0 Å². The Labute approximate surface area is 136 Å². The van der Waals surface area contributed by atoms with Crippen LogP contribution in [0.5, 0.6) is 0 Å². The fourth-order valence-electron chi connectivity index (χ4n) is 2.23. The number of hydrogen-bond acceptors (Lipinski definition) is 6. The zero-order valence-corrected chi connectivity index (χ0v) is 13.8. The first kappa shape index (κ1) is 14.9. The molecule has 0 atom stereocenters. The smallest absolute Gasteiger partial charge is 0.193 e. The molecular formula is C15H14N4OS2. The SMILES string of the molecule is Cc1cc(C(=O)CSc2ncccn2)c(C)n1-c1nccs1. The van der Waals surface area contributed by atoms with Crippen molar-refractivity contribution in [1.29, 1.82) is 0 Å². The molecule has 7 heteroatoms. The first-order valence-corrected chi connectivity index (χ1v) is 8.55. The van der Waals surface area contributed by atoms with Crippen molar-refractivity contribution in [2.45, 2.75) is 19.0 Å². The van der Waals surface area contributed by atoms with Crippen LogP contribution in [-0.2, 0) is 0 Å². The monoisotopic (exact) mass is 330 g/mol. The maximum atomic E-state index is 12.5. The molecule has 0 fully saturated rings. The van der Waals surface area contributed by atoms with Crippen LogP contribution in [0.15, 0.2) is 41.3 Å². The highest BCUT2D eigenvalue weighted by Gasteiger charge is 2.18. The zero-order chi connectivity index (χ0) is 15.5. The van der Waals surface area contributed by atoms with Crippen LogP contribution < -0.4 is 0 Å². The Bertz CT molecular complexity index is 781. The summed E-state index contributed by atoms with van der Waals surface area (Å²) in [6.45, 7) is 3.93. The van der Waals surface area contributed by atoms with Crippen LogP contribution in [0.1, 0.15) is 21.7 Å². The molecule has 0 saturated carbocycles. The Kier molecular flexibility index (Phi) is 4.35. The quantitative estimate of drug-likeness (QED) is 0.408. The molecule has 0 N–H and O–H groups in total. The summed E-state index contributed by atoms with van der Waals surface area (Å²) in [6, 6.07) is 3.68. The summed E-state index contributed by atoms with van der Waals surface area (Å²) in [6.07, 6.45) is 5.12. The number of carbonyl (C=O) groups is 1. The molecule has 5 nitrogen and oxygen atoms in total. The fourth-order valence-corrected chi connectivity index (χ4v) is 3.67. The minimum atomic E-state index is 0.0772. The minimum Gasteiger partial charge on any atom is -0.294 e. The summed E-state index contributed by atoms with van der Waals surface area (Å²) in [7, 11) is 0. The average molecular weight is 330 g/mol. The lowest BCUT2D eigenvalue weighted by atomic mass is 10.2. The standard InChI is InChI=1S/C15H14N4OS2/c1-10-8-12(11(2)19(10)15-18-6-7-21-15)13(20)9-22-14-16-4-3-5-17-14/h3-8H,9H2,1-2H3. The van der Waals surface area contributed by atoms with Crippen LogP contribution in [0, 0.1) is 13.8 Å². The van der Waals surface area contributed by atoms with Crippen LogP contribution >= 0.6 is 23.1 Å². The van der Waals surface area contributed by atoms with Crippen molar-refractivity contribution >= 4 is 28.9 Å². The van der Waals surface area contributed by atoms with Gasteiger partial charge in [-0.1, -0.05) is 11.8 Å². The van der Waals surface area contributed by atoms with Crippen molar-refractivity contribution in [2.24, 2.45) is 0 Å². The highest BCUT2D eigenvalue weighted by molar-refractivity contribution is 7.99. The topological polar surface area (TPSA) is 60.7 Å². The molecular weight excluding hydrogens is 316 g/mol. The average Bonchev–Trinajstić information content (AvgIpc) is 3.14. The van der Waals surface area contributed by atoms with Gasteiger partial charge in [0, 0.05) is 40.9 Å². The molecule has 0 aliphatic heterocycles. The Balaban J connectivity index is 1.80. The van der Waals surface area contributed by atoms with Crippen LogP contribution in [0.4, 0.5) is 0 Å². The van der Waals surface area contributed by atoms with E-state index >= 15 is 0 Å². The van der Waals surface area contributed by atoms with Gasteiger partial charge >= 0.3 is 0 Å². The molecule has 3 aromatic rings. The van der Waals surface area contributed by atoms with Gasteiger partial charge < -0.3 is 0 Å². The predicted molar refractivity (Wildman–Crippen MR) is 88.0 cm³/mol. The zero-order valence-electron chi connectivity index (χ0n) is 12.2. The predicted octanol–water partition coefficient (Wildman–Crippen LogP) is 3.32. The van der Waals surface area contributed by atoms with E-state index in [-0.39, 0.29) is 5.78 Å². The van der Waals surface area contributed by atoms with Gasteiger partial charge in [-0.15, -0.1) is 11.3 Å². The van der Waals surface area contributed by atoms with Crippen LogP contribution in [0.3, 0.4) is 0 Å². The van der Waals surface area contributed by atoms with Crippen molar-refractivity contribution < 1.29 is 4.79 Å². The van der Waals surface area contributed by atoms with E-state index in [1.165, 1.54) is 11.8 Å². The number of aromatic nitrogens is 4. The summed E-state index contributed by atoms with van der Waals surface area (Å²) < 4.78 is 2.02. The van der Waals surface area contributed by atoms with Gasteiger partial charge in [-0.05, 0) is 26.0 Å². The lowest BCUT2D eigenvalue weighted by Crippen LogP contribution is -2.05. The van der Waals surface area contributed by atoms with Crippen molar-refractivity contribution in [2.75, 3.05) is 5.75 Å². The second kappa shape index (κ2) is 6.41. The van der Waals surface area contributed by atoms with Crippen LogP contribution in [-0.4, -0.2) is 31.1 Å². The highest BCUT2D eigenvalue weighted by atomic mass is 32.2. The Morgan fingerprint density at radius 3 is 2.68 bits per heavy atom. The van der Waals surface area contributed by atoms with E-state index in [1.54, 1.807) is 36.0 Å². The largest absolute Gasteiger partial charge is 0.294 e.